The number of phenols is 1. The topological polar surface area (TPSA) is 87.7 Å². The number of para-hydroxylation sites is 1. The van der Waals surface area contributed by atoms with Crippen LogP contribution in [0.5, 0.6) is 11.5 Å². The number of nitrogens with one attached hydrogen (secondary N) is 2. The molecule has 0 aliphatic rings. The molecule has 2 rings (SSSR count). The zero-order chi connectivity index (χ0) is 16.7. The maximum absolute atomic E-state index is 11.8. The summed E-state index contributed by atoms with van der Waals surface area (Å²) in [4.78, 5) is 23.7. The highest BCUT2D eigenvalue weighted by atomic mass is 16.5. The minimum absolute atomic E-state index is 0.0915. The molecule has 6 nitrogen and oxygen atoms in total. The Morgan fingerprint density at radius 1 is 1.04 bits per heavy atom. The van der Waals surface area contributed by atoms with Gasteiger partial charge in [0.1, 0.15) is 11.5 Å². The van der Waals surface area contributed by atoms with Crippen LogP contribution in [0.1, 0.15) is 22.8 Å². The summed E-state index contributed by atoms with van der Waals surface area (Å²) >= 11 is 0. The van der Waals surface area contributed by atoms with Crippen molar-refractivity contribution in [3.05, 3.63) is 59.7 Å². The van der Waals surface area contributed by atoms with Crippen molar-refractivity contribution in [3.63, 3.8) is 0 Å². The largest absolute Gasteiger partial charge is 0.507 e. The number of carbonyl (C=O) groups excluding carboxylic acids is 2. The van der Waals surface area contributed by atoms with Gasteiger partial charge >= 0.3 is 0 Å². The van der Waals surface area contributed by atoms with Crippen molar-refractivity contribution in [1.82, 2.24) is 10.9 Å². The lowest BCUT2D eigenvalue weighted by Crippen LogP contribution is -2.42. The Morgan fingerprint density at radius 2 is 1.74 bits per heavy atom. The molecule has 0 fully saturated rings. The molecule has 2 aromatic rings. The lowest BCUT2D eigenvalue weighted by atomic mass is 10.1. The Bertz CT molecular complexity index is 683. The molecule has 6 heteroatoms. The van der Waals surface area contributed by atoms with Gasteiger partial charge < -0.3 is 9.84 Å². The second-order valence-electron chi connectivity index (χ2n) is 4.77. The molecule has 0 aromatic heterocycles. The summed E-state index contributed by atoms with van der Waals surface area (Å²) in [6.07, 6.45) is 0.119. The average molecular weight is 314 g/mol. The molecule has 0 bridgehead atoms. The molecule has 0 saturated carbocycles. The highest BCUT2D eigenvalue weighted by molar-refractivity contribution is 5.97. The van der Waals surface area contributed by atoms with E-state index in [-0.39, 0.29) is 23.6 Å². The van der Waals surface area contributed by atoms with Crippen LogP contribution < -0.4 is 15.6 Å². The second kappa shape index (κ2) is 7.84. The summed E-state index contributed by atoms with van der Waals surface area (Å²) in [6.45, 7) is 2.48. The van der Waals surface area contributed by atoms with E-state index < -0.39 is 5.91 Å². The third-order valence-corrected chi connectivity index (χ3v) is 3.06. The quantitative estimate of drug-likeness (QED) is 0.734. The second-order valence-corrected chi connectivity index (χ2v) is 4.77. The standard InChI is InChI=1S/C17H18N2O4/c1-2-23-13-9-7-12(8-10-13)11-16(21)18-19-17(22)14-5-3-4-6-15(14)20/h3-10,20H,2,11H2,1H3,(H,18,21)(H,19,22). The number of amides is 2. The normalized spacial score (nSPS) is 9.96. The van der Waals surface area contributed by atoms with Crippen LogP contribution in [-0.2, 0) is 11.2 Å². The van der Waals surface area contributed by atoms with Crippen molar-refractivity contribution in [2.75, 3.05) is 6.61 Å². The lowest BCUT2D eigenvalue weighted by Gasteiger charge is -2.09. The van der Waals surface area contributed by atoms with Crippen molar-refractivity contribution >= 4 is 11.8 Å². The van der Waals surface area contributed by atoms with Crippen LogP contribution in [0.3, 0.4) is 0 Å². The van der Waals surface area contributed by atoms with Gasteiger partial charge in [-0.05, 0) is 36.8 Å². The summed E-state index contributed by atoms with van der Waals surface area (Å²) in [7, 11) is 0. The van der Waals surface area contributed by atoms with E-state index in [1.807, 2.05) is 6.92 Å². The molecule has 23 heavy (non-hydrogen) atoms. The van der Waals surface area contributed by atoms with Crippen LogP contribution in [0.2, 0.25) is 0 Å². The van der Waals surface area contributed by atoms with Crippen LogP contribution >= 0.6 is 0 Å². The Labute approximate surface area is 134 Å². The molecule has 3 N–H and O–H groups in total. The number of carbonyl (C=O) groups is 2. The Kier molecular flexibility index (Phi) is 5.57. The molecule has 120 valence electrons. The first kappa shape index (κ1) is 16.4. The van der Waals surface area contributed by atoms with Gasteiger partial charge in [0.15, 0.2) is 0 Å². The van der Waals surface area contributed by atoms with Crippen molar-refractivity contribution in [2.24, 2.45) is 0 Å². The predicted molar refractivity (Wildman–Crippen MR) is 85.0 cm³/mol. The number of hydrazine groups is 1. The highest BCUT2D eigenvalue weighted by Gasteiger charge is 2.11. The van der Waals surface area contributed by atoms with Gasteiger partial charge in [0.2, 0.25) is 5.91 Å². The third-order valence-electron chi connectivity index (χ3n) is 3.06. The monoisotopic (exact) mass is 314 g/mol. The van der Waals surface area contributed by atoms with Gasteiger partial charge in [-0.15, -0.1) is 0 Å². The maximum Gasteiger partial charge on any atom is 0.273 e. The summed E-state index contributed by atoms with van der Waals surface area (Å²) in [5, 5.41) is 9.57. The van der Waals surface area contributed by atoms with Gasteiger partial charge in [-0.25, -0.2) is 0 Å². The predicted octanol–water partition coefficient (Wildman–Crippen LogP) is 1.79. The fraction of sp³-hybridized carbons (Fsp3) is 0.176. The minimum Gasteiger partial charge on any atom is -0.507 e. The Balaban J connectivity index is 1.85. The van der Waals surface area contributed by atoms with Crippen molar-refractivity contribution in [3.8, 4) is 11.5 Å². The molecule has 0 spiro atoms. The smallest absolute Gasteiger partial charge is 0.273 e. The van der Waals surface area contributed by atoms with Crippen molar-refractivity contribution in [2.45, 2.75) is 13.3 Å². The van der Waals surface area contributed by atoms with Gasteiger partial charge in [0.25, 0.3) is 5.91 Å². The molecule has 0 aliphatic heterocycles. The van der Waals surface area contributed by atoms with Crippen LogP contribution in [0.4, 0.5) is 0 Å². The summed E-state index contributed by atoms with van der Waals surface area (Å²) in [5.74, 6) is -0.351. The molecule has 0 unspecified atom stereocenters. The van der Waals surface area contributed by atoms with E-state index in [0.717, 1.165) is 11.3 Å². The van der Waals surface area contributed by atoms with E-state index >= 15 is 0 Å². The summed E-state index contributed by atoms with van der Waals surface area (Å²) in [6, 6.07) is 13.2. The highest BCUT2D eigenvalue weighted by Crippen LogP contribution is 2.15. The minimum atomic E-state index is -0.580. The molecule has 0 atom stereocenters. The van der Waals surface area contributed by atoms with Crippen LogP contribution in [0.25, 0.3) is 0 Å². The first-order valence-electron chi connectivity index (χ1n) is 7.19. The lowest BCUT2D eigenvalue weighted by molar-refractivity contribution is -0.121. The number of aromatic hydroxyl groups is 1. The zero-order valence-electron chi connectivity index (χ0n) is 12.7. The number of phenolic OH excluding ortho intramolecular Hbond substituents is 1. The Morgan fingerprint density at radius 3 is 2.39 bits per heavy atom. The molecule has 2 aromatic carbocycles. The van der Waals surface area contributed by atoms with Gasteiger partial charge in [-0.2, -0.15) is 0 Å². The van der Waals surface area contributed by atoms with E-state index in [1.165, 1.54) is 12.1 Å². The fourth-order valence-electron chi connectivity index (χ4n) is 1.96. The number of hydrogen-bond acceptors (Lipinski definition) is 4. The number of ether oxygens (including phenoxy) is 1. The molecular formula is C17H18N2O4. The van der Waals surface area contributed by atoms with Gasteiger partial charge in [-0.1, -0.05) is 24.3 Å². The molecule has 2 amide bonds. The molecule has 0 aliphatic carbocycles. The van der Waals surface area contributed by atoms with E-state index in [4.69, 9.17) is 4.74 Å². The van der Waals surface area contributed by atoms with Gasteiger partial charge in [0, 0.05) is 0 Å². The first-order valence-corrected chi connectivity index (χ1v) is 7.19. The van der Waals surface area contributed by atoms with E-state index in [0.29, 0.717) is 6.61 Å². The maximum atomic E-state index is 11.8. The van der Waals surface area contributed by atoms with Crippen LogP contribution in [0.15, 0.2) is 48.5 Å². The van der Waals surface area contributed by atoms with Crippen LogP contribution in [0, 0.1) is 0 Å². The average Bonchev–Trinajstić information content (AvgIpc) is 2.55. The van der Waals surface area contributed by atoms with E-state index in [9.17, 15) is 14.7 Å². The third kappa shape index (κ3) is 4.74. The summed E-state index contributed by atoms with van der Waals surface area (Å²) < 4.78 is 5.32. The molecule has 0 radical (unpaired) electrons. The van der Waals surface area contributed by atoms with E-state index in [2.05, 4.69) is 10.9 Å². The number of hydrogen-bond donors (Lipinski definition) is 3. The molecule has 0 heterocycles. The van der Waals surface area contributed by atoms with E-state index in [1.54, 1.807) is 36.4 Å². The summed E-state index contributed by atoms with van der Waals surface area (Å²) in [5.41, 5.74) is 5.47. The van der Waals surface area contributed by atoms with Crippen molar-refractivity contribution < 1.29 is 19.4 Å². The molecule has 0 saturated heterocycles. The SMILES string of the molecule is CCOc1ccc(CC(=O)NNC(=O)c2ccccc2O)cc1. The van der Waals surface area contributed by atoms with Gasteiger partial charge in [-0.3, -0.25) is 20.4 Å². The van der Waals surface area contributed by atoms with Crippen molar-refractivity contribution in [1.29, 1.82) is 0 Å². The number of rotatable bonds is 5. The van der Waals surface area contributed by atoms with Gasteiger partial charge in [0.05, 0.1) is 18.6 Å². The Hall–Kier alpha value is -3.02. The first-order chi connectivity index (χ1) is 11.1. The fourth-order valence-corrected chi connectivity index (χ4v) is 1.96. The zero-order valence-corrected chi connectivity index (χ0v) is 12.7. The number of benzene rings is 2. The van der Waals surface area contributed by atoms with Crippen LogP contribution in [-0.4, -0.2) is 23.5 Å². The molecular weight excluding hydrogens is 296 g/mol.